The highest BCUT2D eigenvalue weighted by atomic mass is 79.9. The summed E-state index contributed by atoms with van der Waals surface area (Å²) in [5.74, 6) is 4.89. The second-order valence-corrected chi connectivity index (χ2v) is 5.83. The van der Waals surface area contributed by atoms with Gasteiger partial charge in [0.1, 0.15) is 6.10 Å². The second kappa shape index (κ2) is 5.55. The van der Waals surface area contributed by atoms with E-state index in [2.05, 4.69) is 44.3 Å². The first-order chi connectivity index (χ1) is 9.69. The number of hydrazine groups is 1. The molecule has 2 atom stereocenters. The van der Waals surface area contributed by atoms with Crippen LogP contribution in [0.4, 0.5) is 0 Å². The topological polar surface area (TPSA) is 69.3 Å². The van der Waals surface area contributed by atoms with Crippen LogP contribution in [0.25, 0.3) is 10.9 Å². The van der Waals surface area contributed by atoms with E-state index in [1.807, 2.05) is 12.1 Å². The van der Waals surface area contributed by atoms with Crippen molar-refractivity contribution in [1.82, 2.24) is 9.99 Å². The van der Waals surface area contributed by atoms with Crippen LogP contribution in [0.15, 0.2) is 34.9 Å². The number of aromatic nitrogens is 1. The summed E-state index contributed by atoms with van der Waals surface area (Å²) in [6.45, 7) is 0.737. The summed E-state index contributed by atoms with van der Waals surface area (Å²) in [6.07, 6.45) is 3.26. The van der Waals surface area contributed by atoms with Crippen LogP contribution in [0.1, 0.15) is 12.8 Å². The first-order valence-corrected chi connectivity index (χ1v) is 7.37. The molecule has 20 heavy (non-hydrogen) atoms. The molecule has 1 aromatic heterocycles. The van der Waals surface area contributed by atoms with Crippen molar-refractivity contribution < 1.29 is 9.53 Å². The Labute approximate surface area is 125 Å². The Morgan fingerprint density at radius 2 is 2.25 bits per heavy atom. The summed E-state index contributed by atoms with van der Waals surface area (Å²) in [4.78, 5) is 11.5. The zero-order chi connectivity index (χ0) is 14.1. The molecule has 2 heterocycles. The first-order valence-electron chi connectivity index (χ1n) is 6.58. The monoisotopic (exact) mass is 337 g/mol. The number of carbonyl (C=O) groups is 1. The number of ether oxygens (including phenoxy) is 1. The molecule has 6 heteroatoms. The van der Waals surface area contributed by atoms with Gasteiger partial charge in [-0.05, 0) is 34.8 Å². The lowest BCUT2D eigenvalue weighted by molar-refractivity contribution is -0.132. The van der Waals surface area contributed by atoms with E-state index in [9.17, 15) is 4.79 Å². The fourth-order valence-corrected chi connectivity index (χ4v) is 3.28. The first kappa shape index (κ1) is 13.6. The number of nitrogens with zero attached hydrogens (tertiary/aromatic N) is 1. The smallest absolute Gasteiger partial charge is 0.263 e. The molecule has 1 aliphatic rings. The number of para-hydroxylation sites is 1. The zero-order valence-electron chi connectivity index (χ0n) is 10.9. The number of rotatable bonds is 3. The predicted octanol–water partition coefficient (Wildman–Crippen LogP) is 1.94. The van der Waals surface area contributed by atoms with Gasteiger partial charge < -0.3 is 9.30 Å². The van der Waals surface area contributed by atoms with Gasteiger partial charge in [0.25, 0.3) is 5.91 Å². The van der Waals surface area contributed by atoms with Crippen LogP contribution in [0.5, 0.6) is 0 Å². The molecule has 0 radical (unpaired) electrons. The molecule has 1 saturated heterocycles. The van der Waals surface area contributed by atoms with Crippen molar-refractivity contribution in [3.05, 3.63) is 34.9 Å². The third kappa shape index (κ3) is 2.46. The third-order valence-corrected chi connectivity index (χ3v) is 4.31. The van der Waals surface area contributed by atoms with E-state index in [0.717, 1.165) is 23.0 Å². The quantitative estimate of drug-likeness (QED) is 0.511. The lowest BCUT2D eigenvalue weighted by atomic mass is 10.2. The third-order valence-electron chi connectivity index (χ3n) is 3.68. The van der Waals surface area contributed by atoms with E-state index in [1.165, 1.54) is 5.39 Å². The van der Waals surface area contributed by atoms with Crippen molar-refractivity contribution >= 4 is 32.7 Å². The fourth-order valence-electron chi connectivity index (χ4n) is 2.70. The molecule has 0 spiro atoms. The van der Waals surface area contributed by atoms with Gasteiger partial charge in [0.05, 0.1) is 6.10 Å². The minimum atomic E-state index is -0.421. The molecule has 5 nitrogen and oxygen atoms in total. The maximum absolute atomic E-state index is 11.5. The highest BCUT2D eigenvalue weighted by Gasteiger charge is 2.30. The van der Waals surface area contributed by atoms with E-state index in [1.54, 1.807) is 0 Å². The van der Waals surface area contributed by atoms with Crippen molar-refractivity contribution in [3.63, 3.8) is 0 Å². The van der Waals surface area contributed by atoms with E-state index >= 15 is 0 Å². The van der Waals surface area contributed by atoms with Crippen molar-refractivity contribution in [1.29, 1.82) is 0 Å². The average Bonchev–Trinajstić information content (AvgIpc) is 3.05. The number of amides is 1. The number of nitrogens with one attached hydrogen (secondary N) is 1. The van der Waals surface area contributed by atoms with Crippen LogP contribution >= 0.6 is 15.9 Å². The van der Waals surface area contributed by atoms with Crippen LogP contribution < -0.4 is 11.3 Å². The highest BCUT2D eigenvalue weighted by molar-refractivity contribution is 9.10. The standard InChI is InChI=1S/C14H16BrN3O2/c15-11-8-18(12-4-2-1-3-10(11)12)7-9-5-6-13(20-9)14(19)17-16/h1-4,8-9,13H,5-7,16H2,(H,17,19). The van der Waals surface area contributed by atoms with E-state index < -0.39 is 6.10 Å². The summed E-state index contributed by atoms with van der Waals surface area (Å²) in [5, 5.41) is 1.18. The Morgan fingerprint density at radius 1 is 1.45 bits per heavy atom. The van der Waals surface area contributed by atoms with Gasteiger partial charge in [-0.1, -0.05) is 18.2 Å². The number of carbonyl (C=O) groups excluding carboxylic acids is 1. The molecule has 1 aliphatic heterocycles. The van der Waals surface area contributed by atoms with Gasteiger partial charge >= 0.3 is 0 Å². The summed E-state index contributed by atoms with van der Waals surface area (Å²) in [7, 11) is 0. The molecular formula is C14H16BrN3O2. The number of halogens is 1. The van der Waals surface area contributed by atoms with Crippen LogP contribution in [-0.4, -0.2) is 22.7 Å². The molecular weight excluding hydrogens is 322 g/mol. The SMILES string of the molecule is NNC(=O)C1CCC(Cn2cc(Br)c3ccccc32)O1. The number of nitrogens with two attached hydrogens (primary N) is 1. The lowest BCUT2D eigenvalue weighted by Crippen LogP contribution is -2.39. The van der Waals surface area contributed by atoms with Gasteiger partial charge in [0, 0.05) is 28.1 Å². The largest absolute Gasteiger partial charge is 0.363 e. The molecule has 3 rings (SSSR count). The minimum absolute atomic E-state index is 0.0417. The molecule has 3 N–H and O–H groups in total. The van der Waals surface area contributed by atoms with Crippen LogP contribution in [-0.2, 0) is 16.1 Å². The molecule has 0 saturated carbocycles. The Bertz CT molecular complexity index is 640. The Hall–Kier alpha value is -1.37. The van der Waals surface area contributed by atoms with Crippen LogP contribution in [0.3, 0.4) is 0 Å². The summed E-state index contributed by atoms with van der Waals surface area (Å²) in [5.41, 5.74) is 3.31. The van der Waals surface area contributed by atoms with Gasteiger partial charge in [0.2, 0.25) is 0 Å². The maximum Gasteiger partial charge on any atom is 0.263 e. The van der Waals surface area contributed by atoms with Gasteiger partial charge in [-0.2, -0.15) is 0 Å². The second-order valence-electron chi connectivity index (χ2n) is 4.98. The van der Waals surface area contributed by atoms with Crippen LogP contribution in [0.2, 0.25) is 0 Å². The van der Waals surface area contributed by atoms with Crippen LogP contribution in [0, 0.1) is 0 Å². The van der Waals surface area contributed by atoms with Crippen molar-refractivity contribution in [3.8, 4) is 0 Å². The van der Waals surface area contributed by atoms with E-state index in [0.29, 0.717) is 6.42 Å². The molecule has 1 aromatic carbocycles. The lowest BCUT2D eigenvalue weighted by Gasteiger charge is -2.14. The highest BCUT2D eigenvalue weighted by Crippen LogP contribution is 2.28. The number of benzene rings is 1. The number of hydrogen-bond donors (Lipinski definition) is 2. The normalized spacial score (nSPS) is 22.3. The molecule has 1 fully saturated rings. The number of hydrogen-bond acceptors (Lipinski definition) is 3. The average molecular weight is 338 g/mol. The Kier molecular flexibility index (Phi) is 3.78. The van der Waals surface area contributed by atoms with Crippen molar-refractivity contribution in [2.45, 2.75) is 31.6 Å². The summed E-state index contributed by atoms with van der Waals surface area (Å²) >= 11 is 3.57. The van der Waals surface area contributed by atoms with Gasteiger partial charge in [-0.3, -0.25) is 10.2 Å². The van der Waals surface area contributed by atoms with Gasteiger partial charge in [0.15, 0.2) is 0 Å². The summed E-state index contributed by atoms with van der Waals surface area (Å²) < 4.78 is 8.98. The fraction of sp³-hybridized carbons (Fsp3) is 0.357. The van der Waals surface area contributed by atoms with Crippen molar-refractivity contribution in [2.75, 3.05) is 0 Å². The molecule has 106 valence electrons. The predicted molar refractivity (Wildman–Crippen MR) is 79.9 cm³/mol. The molecule has 0 aliphatic carbocycles. The van der Waals surface area contributed by atoms with Crippen molar-refractivity contribution in [2.24, 2.45) is 5.84 Å². The Morgan fingerprint density at radius 3 is 3.05 bits per heavy atom. The molecule has 2 aromatic rings. The number of fused-ring (bicyclic) bond motifs is 1. The maximum atomic E-state index is 11.5. The zero-order valence-corrected chi connectivity index (χ0v) is 12.5. The minimum Gasteiger partial charge on any atom is -0.363 e. The van der Waals surface area contributed by atoms with Gasteiger partial charge in [-0.15, -0.1) is 0 Å². The van der Waals surface area contributed by atoms with Gasteiger partial charge in [-0.25, -0.2) is 5.84 Å². The van der Waals surface area contributed by atoms with E-state index in [-0.39, 0.29) is 12.0 Å². The summed E-state index contributed by atoms with van der Waals surface area (Å²) in [6, 6.07) is 8.20. The van der Waals surface area contributed by atoms with E-state index in [4.69, 9.17) is 10.6 Å². The molecule has 1 amide bonds. The Balaban J connectivity index is 1.76. The molecule has 0 bridgehead atoms. The molecule has 2 unspecified atom stereocenters.